The quantitative estimate of drug-likeness (QED) is 0.761. The molecule has 0 bridgehead atoms. The fourth-order valence-electron chi connectivity index (χ4n) is 2.56. The van der Waals surface area contributed by atoms with Crippen molar-refractivity contribution < 1.29 is 13.2 Å². The summed E-state index contributed by atoms with van der Waals surface area (Å²) in [4.78, 5) is 13.9. The molecule has 2 rings (SSSR count). The van der Waals surface area contributed by atoms with E-state index in [4.69, 9.17) is 0 Å². The Balaban J connectivity index is 1.84. The van der Waals surface area contributed by atoms with Gasteiger partial charge in [-0.05, 0) is 26.2 Å². The molecule has 0 aromatic rings. The highest BCUT2D eigenvalue weighted by atomic mass is 32.2. The first-order valence-corrected chi connectivity index (χ1v) is 8.05. The molecular weight excluding hydrogens is 240 g/mol. The smallest absolute Gasteiger partial charge is 0.239 e. The summed E-state index contributed by atoms with van der Waals surface area (Å²) in [6.07, 6.45) is 2.78. The van der Waals surface area contributed by atoms with E-state index in [-0.39, 0.29) is 29.5 Å². The van der Waals surface area contributed by atoms with Gasteiger partial charge in [0.1, 0.15) is 0 Å². The lowest BCUT2D eigenvalue weighted by Crippen LogP contribution is -2.47. The second kappa shape index (κ2) is 4.94. The van der Waals surface area contributed by atoms with E-state index < -0.39 is 9.84 Å². The van der Waals surface area contributed by atoms with Gasteiger partial charge in [0.2, 0.25) is 5.91 Å². The zero-order valence-electron chi connectivity index (χ0n) is 10.2. The minimum atomic E-state index is -2.87. The molecule has 0 aromatic heterocycles. The molecule has 0 aromatic carbocycles. The van der Waals surface area contributed by atoms with Gasteiger partial charge in [0.05, 0.1) is 17.5 Å². The maximum absolute atomic E-state index is 12.0. The molecule has 1 N–H and O–H groups in total. The van der Waals surface area contributed by atoms with Crippen molar-refractivity contribution in [2.45, 2.75) is 38.3 Å². The van der Waals surface area contributed by atoms with Crippen LogP contribution in [0.5, 0.6) is 0 Å². The molecule has 2 heterocycles. The van der Waals surface area contributed by atoms with Crippen molar-refractivity contribution in [1.82, 2.24) is 10.2 Å². The summed E-state index contributed by atoms with van der Waals surface area (Å²) in [5, 5.41) is 3.14. The van der Waals surface area contributed by atoms with Crippen molar-refractivity contribution in [3.63, 3.8) is 0 Å². The molecule has 0 spiro atoms. The molecule has 0 saturated carbocycles. The summed E-state index contributed by atoms with van der Waals surface area (Å²) in [6.45, 7) is 3.51. The van der Waals surface area contributed by atoms with Crippen molar-refractivity contribution in [2.75, 3.05) is 24.6 Å². The Morgan fingerprint density at radius 3 is 2.53 bits per heavy atom. The summed E-state index contributed by atoms with van der Waals surface area (Å²) < 4.78 is 22.6. The highest BCUT2D eigenvalue weighted by Crippen LogP contribution is 2.14. The van der Waals surface area contributed by atoms with Gasteiger partial charge in [0, 0.05) is 19.1 Å². The van der Waals surface area contributed by atoms with E-state index in [0.717, 1.165) is 25.9 Å². The van der Waals surface area contributed by atoms with Crippen LogP contribution in [0.4, 0.5) is 0 Å². The lowest BCUT2D eigenvalue weighted by molar-refractivity contribution is -0.132. The molecule has 2 saturated heterocycles. The molecule has 2 aliphatic rings. The van der Waals surface area contributed by atoms with Crippen LogP contribution in [-0.4, -0.2) is 55.9 Å². The van der Waals surface area contributed by atoms with Gasteiger partial charge in [-0.3, -0.25) is 4.79 Å². The van der Waals surface area contributed by atoms with E-state index in [1.165, 1.54) is 0 Å². The second-order valence-corrected chi connectivity index (χ2v) is 7.25. The predicted octanol–water partition coefficient (Wildman–Crippen LogP) is -0.226. The number of carbonyl (C=O) groups excluding carboxylic acids is 1. The predicted molar refractivity (Wildman–Crippen MR) is 65.5 cm³/mol. The molecule has 5 nitrogen and oxygen atoms in total. The van der Waals surface area contributed by atoms with Crippen LogP contribution < -0.4 is 5.32 Å². The van der Waals surface area contributed by atoms with Crippen LogP contribution in [0.15, 0.2) is 0 Å². The largest absolute Gasteiger partial charge is 0.341 e. The Bertz CT molecular complexity index is 388. The van der Waals surface area contributed by atoms with Crippen LogP contribution in [0, 0.1) is 0 Å². The normalized spacial score (nSPS) is 29.5. The van der Waals surface area contributed by atoms with Crippen LogP contribution in [0.2, 0.25) is 0 Å². The maximum Gasteiger partial charge on any atom is 0.239 e. The van der Waals surface area contributed by atoms with Gasteiger partial charge in [-0.2, -0.15) is 0 Å². The minimum Gasteiger partial charge on any atom is -0.341 e. The van der Waals surface area contributed by atoms with Gasteiger partial charge in [-0.1, -0.05) is 0 Å². The number of hydrogen-bond acceptors (Lipinski definition) is 4. The number of nitrogens with one attached hydrogen (secondary N) is 1. The standard InChI is InChI=1S/C11H20N2O3S/c1-9(11(14)13-5-2-3-6-13)12-10-4-7-17(15,16)8-10/h9-10,12H,2-8H2,1H3. The first-order chi connectivity index (χ1) is 7.98. The monoisotopic (exact) mass is 260 g/mol. The van der Waals surface area contributed by atoms with Gasteiger partial charge < -0.3 is 10.2 Å². The molecule has 1 amide bonds. The van der Waals surface area contributed by atoms with Crippen LogP contribution in [0.3, 0.4) is 0 Å². The third-order valence-electron chi connectivity index (χ3n) is 3.51. The van der Waals surface area contributed by atoms with Gasteiger partial charge in [0.15, 0.2) is 9.84 Å². The van der Waals surface area contributed by atoms with Gasteiger partial charge in [-0.25, -0.2) is 8.42 Å². The van der Waals surface area contributed by atoms with E-state index in [2.05, 4.69) is 5.32 Å². The third-order valence-corrected chi connectivity index (χ3v) is 5.27. The number of sulfone groups is 1. The Morgan fingerprint density at radius 2 is 2.00 bits per heavy atom. The van der Waals surface area contributed by atoms with Gasteiger partial charge >= 0.3 is 0 Å². The van der Waals surface area contributed by atoms with Crippen molar-refractivity contribution in [1.29, 1.82) is 0 Å². The Hall–Kier alpha value is -0.620. The zero-order chi connectivity index (χ0) is 12.5. The van der Waals surface area contributed by atoms with E-state index in [0.29, 0.717) is 6.42 Å². The molecule has 2 atom stereocenters. The van der Waals surface area contributed by atoms with Gasteiger partial charge in [0.25, 0.3) is 0 Å². The second-order valence-electron chi connectivity index (χ2n) is 5.02. The lowest BCUT2D eigenvalue weighted by Gasteiger charge is -2.23. The Morgan fingerprint density at radius 1 is 1.35 bits per heavy atom. The van der Waals surface area contributed by atoms with Crippen molar-refractivity contribution >= 4 is 15.7 Å². The number of rotatable bonds is 3. The minimum absolute atomic E-state index is 0.0541. The van der Waals surface area contributed by atoms with E-state index in [1.54, 1.807) is 0 Å². The number of amides is 1. The molecule has 98 valence electrons. The molecule has 2 aliphatic heterocycles. The maximum atomic E-state index is 12.0. The summed E-state index contributed by atoms with van der Waals surface area (Å²) in [5.74, 6) is 0.520. The van der Waals surface area contributed by atoms with E-state index in [9.17, 15) is 13.2 Å². The van der Waals surface area contributed by atoms with Crippen molar-refractivity contribution in [2.24, 2.45) is 0 Å². The molecule has 2 fully saturated rings. The fourth-order valence-corrected chi connectivity index (χ4v) is 4.25. The van der Waals surface area contributed by atoms with Crippen molar-refractivity contribution in [3.05, 3.63) is 0 Å². The number of hydrogen-bond donors (Lipinski definition) is 1. The molecule has 2 unspecified atom stereocenters. The van der Waals surface area contributed by atoms with E-state index in [1.807, 2.05) is 11.8 Å². The van der Waals surface area contributed by atoms with Crippen LogP contribution in [0.1, 0.15) is 26.2 Å². The van der Waals surface area contributed by atoms with Crippen LogP contribution in [0.25, 0.3) is 0 Å². The average molecular weight is 260 g/mol. The summed E-state index contributed by atoms with van der Waals surface area (Å²) in [7, 11) is -2.87. The van der Waals surface area contributed by atoms with Crippen LogP contribution in [-0.2, 0) is 14.6 Å². The van der Waals surface area contributed by atoms with E-state index >= 15 is 0 Å². The Kier molecular flexibility index (Phi) is 3.73. The molecular formula is C11H20N2O3S. The molecule has 0 radical (unpaired) electrons. The first kappa shape index (κ1) is 12.8. The highest BCUT2D eigenvalue weighted by molar-refractivity contribution is 7.91. The Labute approximate surface area is 102 Å². The zero-order valence-corrected chi connectivity index (χ0v) is 11.0. The fraction of sp³-hybridized carbons (Fsp3) is 0.909. The average Bonchev–Trinajstić information content (AvgIpc) is 2.86. The summed E-state index contributed by atoms with van der Waals surface area (Å²) in [5.41, 5.74) is 0. The third kappa shape index (κ3) is 3.19. The number of carbonyl (C=O) groups is 1. The first-order valence-electron chi connectivity index (χ1n) is 6.23. The van der Waals surface area contributed by atoms with Crippen molar-refractivity contribution in [3.8, 4) is 0 Å². The highest BCUT2D eigenvalue weighted by Gasteiger charge is 2.31. The lowest BCUT2D eigenvalue weighted by atomic mass is 10.2. The van der Waals surface area contributed by atoms with Crippen LogP contribution >= 0.6 is 0 Å². The SMILES string of the molecule is CC(NC1CCS(=O)(=O)C1)C(=O)N1CCCC1. The number of likely N-dealkylation sites (tertiary alicyclic amines) is 1. The van der Waals surface area contributed by atoms with Gasteiger partial charge in [-0.15, -0.1) is 0 Å². The molecule has 0 aliphatic carbocycles. The topological polar surface area (TPSA) is 66.5 Å². The molecule has 6 heteroatoms. The number of nitrogens with zero attached hydrogens (tertiary/aromatic N) is 1. The summed E-state index contributed by atoms with van der Waals surface area (Å²) in [6, 6.07) is -0.326. The molecule has 17 heavy (non-hydrogen) atoms. The summed E-state index contributed by atoms with van der Waals surface area (Å²) >= 11 is 0.